The first-order chi connectivity index (χ1) is 12.5. The average Bonchev–Trinajstić information content (AvgIpc) is 3.25. The van der Waals surface area contributed by atoms with Crippen LogP contribution < -0.4 is 5.43 Å². The number of carbonyl (C=O) groups excluding carboxylic acids is 1. The molecule has 0 spiro atoms. The maximum atomic E-state index is 12.1. The van der Waals surface area contributed by atoms with E-state index in [1.807, 2.05) is 18.4 Å². The highest BCUT2D eigenvalue weighted by Crippen LogP contribution is 2.12. The minimum absolute atomic E-state index is 0.195. The minimum atomic E-state index is -0.540. The standard InChI is InChI=1S/C17H15N5O3S/c1-12-7-9-26-15(12)10-18-19-17(23)14-4-2-13(3-5-14)11-21-8-6-16(20-21)22(24)25/h2-10H,11H2,1H3,(H,19,23)/b18-10+. The summed E-state index contributed by atoms with van der Waals surface area (Å²) in [5.41, 5.74) is 4.95. The first kappa shape index (κ1) is 17.5. The molecule has 2 aromatic heterocycles. The number of hydrogen-bond donors (Lipinski definition) is 1. The van der Waals surface area contributed by atoms with Crippen molar-refractivity contribution in [2.24, 2.45) is 5.10 Å². The molecule has 3 rings (SSSR count). The van der Waals surface area contributed by atoms with Crippen LogP contribution in [0.4, 0.5) is 5.82 Å². The number of nitro groups is 1. The number of aromatic nitrogens is 2. The van der Waals surface area contributed by atoms with Crippen LogP contribution in [0.3, 0.4) is 0 Å². The first-order valence-electron chi connectivity index (χ1n) is 7.67. The van der Waals surface area contributed by atoms with Crippen LogP contribution in [0, 0.1) is 17.0 Å². The van der Waals surface area contributed by atoms with Crippen molar-refractivity contribution in [2.75, 3.05) is 0 Å². The second-order valence-electron chi connectivity index (χ2n) is 5.49. The number of amides is 1. The van der Waals surface area contributed by atoms with E-state index in [-0.39, 0.29) is 11.7 Å². The number of nitrogens with one attached hydrogen (secondary N) is 1. The van der Waals surface area contributed by atoms with Gasteiger partial charge < -0.3 is 10.1 Å². The summed E-state index contributed by atoms with van der Waals surface area (Å²) in [6.45, 7) is 2.36. The molecule has 0 fully saturated rings. The number of benzene rings is 1. The number of aryl methyl sites for hydroxylation is 1. The van der Waals surface area contributed by atoms with Crippen LogP contribution >= 0.6 is 11.3 Å². The van der Waals surface area contributed by atoms with E-state index in [0.29, 0.717) is 12.1 Å². The molecule has 0 aliphatic rings. The maximum Gasteiger partial charge on any atom is 0.389 e. The largest absolute Gasteiger partial charge is 0.389 e. The number of nitrogens with zero attached hydrogens (tertiary/aromatic N) is 4. The molecule has 8 nitrogen and oxygen atoms in total. The Morgan fingerprint density at radius 3 is 2.73 bits per heavy atom. The second-order valence-corrected chi connectivity index (χ2v) is 6.44. The lowest BCUT2D eigenvalue weighted by Crippen LogP contribution is -2.17. The Bertz CT molecular complexity index is 959. The summed E-state index contributed by atoms with van der Waals surface area (Å²) >= 11 is 1.55. The second kappa shape index (κ2) is 7.70. The van der Waals surface area contributed by atoms with Crippen LogP contribution in [-0.2, 0) is 6.54 Å². The molecule has 0 radical (unpaired) electrons. The van der Waals surface area contributed by atoms with Gasteiger partial charge in [0.05, 0.1) is 30.1 Å². The van der Waals surface area contributed by atoms with Gasteiger partial charge in [0.1, 0.15) is 0 Å². The SMILES string of the molecule is Cc1ccsc1/C=N/NC(=O)c1ccc(Cn2ccc([N+](=O)[O-])n2)cc1. The Hall–Kier alpha value is -3.33. The monoisotopic (exact) mass is 369 g/mol. The van der Waals surface area contributed by atoms with E-state index in [2.05, 4.69) is 15.6 Å². The molecule has 1 amide bonds. The summed E-state index contributed by atoms with van der Waals surface area (Å²) in [5, 5.41) is 20.4. The quantitative estimate of drug-likeness (QED) is 0.410. The first-order valence-corrected chi connectivity index (χ1v) is 8.55. The van der Waals surface area contributed by atoms with Crippen molar-refractivity contribution >= 4 is 29.3 Å². The Balaban J connectivity index is 1.59. The number of rotatable bonds is 6. The van der Waals surface area contributed by atoms with E-state index < -0.39 is 4.92 Å². The van der Waals surface area contributed by atoms with Gasteiger partial charge in [0.2, 0.25) is 0 Å². The number of carbonyl (C=O) groups is 1. The van der Waals surface area contributed by atoms with Gasteiger partial charge in [-0.3, -0.25) is 4.79 Å². The molecule has 0 saturated heterocycles. The van der Waals surface area contributed by atoms with Gasteiger partial charge >= 0.3 is 5.82 Å². The molecule has 0 aliphatic heterocycles. The van der Waals surface area contributed by atoms with Crippen molar-refractivity contribution < 1.29 is 9.72 Å². The van der Waals surface area contributed by atoms with E-state index >= 15 is 0 Å². The molecule has 2 heterocycles. The van der Waals surface area contributed by atoms with Gasteiger partial charge in [-0.15, -0.1) is 11.3 Å². The molecule has 0 saturated carbocycles. The Kier molecular flexibility index (Phi) is 5.18. The van der Waals surface area contributed by atoms with Crippen LogP contribution in [0.2, 0.25) is 0 Å². The smallest absolute Gasteiger partial charge is 0.358 e. The lowest BCUT2D eigenvalue weighted by Gasteiger charge is -2.02. The Morgan fingerprint density at radius 2 is 2.12 bits per heavy atom. The van der Waals surface area contributed by atoms with Gasteiger partial charge in [-0.05, 0) is 46.6 Å². The van der Waals surface area contributed by atoms with E-state index in [1.54, 1.807) is 48.0 Å². The fraction of sp³-hybridized carbons (Fsp3) is 0.118. The van der Waals surface area contributed by atoms with E-state index in [1.165, 1.54) is 10.7 Å². The molecule has 3 aromatic rings. The van der Waals surface area contributed by atoms with Crippen molar-refractivity contribution in [3.8, 4) is 0 Å². The predicted molar refractivity (Wildman–Crippen MR) is 98.5 cm³/mol. The van der Waals surface area contributed by atoms with Gasteiger partial charge in [-0.25, -0.2) is 5.43 Å². The lowest BCUT2D eigenvalue weighted by atomic mass is 10.1. The molecule has 0 aliphatic carbocycles. The predicted octanol–water partition coefficient (Wildman–Crippen LogP) is 2.97. The molecule has 0 atom stereocenters. The van der Waals surface area contributed by atoms with Crippen molar-refractivity contribution in [2.45, 2.75) is 13.5 Å². The molecule has 26 heavy (non-hydrogen) atoms. The number of hydrogen-bond acceptors (Lipinski definition) is 6. The van der Waals surface area contributed by atoms with Gasteiger partial charge in [-0.1, -0.05) is 12.1 Å². The highest BCUT2D eigenvalue weighted by Gasteiger charge is 2.11. The van der Waals surface area contributed by atoms with Crippen molar-refractivity contribution in [3.63, 3.8) is 0 Å². The minimum Gasteiger partial charge on any atom is -0.358 e. The molecule has 0 unspecified atom stereocenters. The summed E-state index contributed by atoms with van der Waals surface area (Å²) in [4.78, 5) is 23.2. The van der Waals surface area contributed by atoms with Gasteiger partial charge in [0.15, 0.2) is 0 Å². The third-order valence-electron chi connectivity index (χ3n) is 3.62. The fourth-order valence-corrected chi connectivity index (χ4v) is 3.00. The molecule has 132 valence electrons. The highest BCUT2D eigenvalue weighted by molar-refractivity contribution is 7.11. The highest BCUT2D eigenvalue weighted by atomic mass is 32.1. The van der Waals surface area contributed by atoms with Crippen molar-refractivity contribution in [1.29, 1.82) is 0 Å². The summed E-state index contributed by atoms with van der Waals surface area (Å²) in [5.74, 6) is -0.503. The third kappa shape index (κ3) is 4.19. The third-order valence-corrected chi connectivity index (χ3v) is 4.58. The maximum absolute atomic E-state index is 12.1. The Labute approximate surface area is 152 Å². The molecule has 0 bridgehead atoms. The number of hydrazone groups is 1. The van der Waals surface area contributed by atoms with Crippen LogP contribution in [0.5, 0.6) is 0 Å². The zero-order valence-electron chi connectivity index (χ0n) is 13.8. The number of thiophene rings is 1. The zero-order chi connectivity index (χ0) is 18.5. The zero-order valence-corrected chi connectivity index (χ0v) is 14.6. The molecule has 1 N–H and O–H groups in total. The summed E-state index contributed by atoms with van der Waals surface area (Å²) < 4.78 is 1.47. The Morgan fingerprint density at radius 1 is 1.35 bits per heavy atom. The van der Waals surface area contributed by atoms with Crippen LogP contribution in [0.15, 0.2) is 53.1 Å². The fourth-order valence-electron chi connectivity index (χ4n) is 2.22. The van der Waals surface area contributed by atoms with Crippen molar-refractivity contribution in [1.82, 2.24) is 15.2 Å². The normalized spacial score (nSPS) is 11.0. The molecular formula is C17H15N5O3S. The average molecular weight is 369 g/mol. The lowest BCUT2D eigenvalue weighted by molar-refractivity contribution is -0.389. The van der Waals surface area contributed by atoms with E-state index in [0.717, 1.165) is 16.0 Å². The van der Waals surface area contributed by atoms with Crippen molar-refractivity contribution in [3.05, 3.63) is 79.7 Å². The van der Waals surface area contributed by atoms with Crippen LogP contribution in [0.1, 0.15) is 26.4 Å². The summed E-state index contributed by atoms with van der Waals surface area (Å²) in [7, 11) is 0. The van der Waals surface area contributed by atoms with Crippen LogP contribution in [-0.4, -0.2) is 26.8 Å². The van der Waals surface area contributed by atoms with Gasteiger partial charge in [0.25, 0.3) is 5.91 Å². The molecule has 1 aromatic carbocycles. The van der Waals surface area contributed by atoms with Gasteiger partial charge in [-0.2, -0.15) is 9.78 Å². The topological polar surface area (TPSA) is 102 Å². The van der Waals surface area contributed by atoms with Gasteiger partial charge in [0, 0.05) is 10.4 Å². The summed E-state index contributed by atoms with van der Waals surface area (Å²) in [6.07, 6.45) is 3.16. The molecule has 9 heteroatoms. The summed E-state index contributed by atoms with van der Waals surface area (Å²) in [6, 6.07) is 10.2. The molecular weight excluding hydrogens is 354 g/mol. The van der Waals surface area contributed by atoms with Crippen LogP contribution in [0.25, 0.3) is 0 Å². The van der Waals surface area contributed by atoms with E-state index in [9.17, 15) is 14.9 Å². The van der Waals surface area contributed by atoms with E-state index in [4.69, 9.17) is 0 Å².